The smallest absolute Gasteiger partial charge is 0.462 e. The molecule has 0 fully saturated rings. The molecule has 0 aliphatic carbocycles. The molecule has 48 heavy (non-hydrogen) atoms. The monoisotopic (exact) mass is 696 g/mol. The van der Waals surface area contributed by atoms with Gasteiger partial charge in [-0.2, -0.15) is 0 Å². The van der Waals surface area contributed by atoms with Crippen molar-refractivity contribution >= 4 is 19.8 Å². The summed E-state index contributed by atoms with van der Waals surface area (Å²) in [6.07, 6.45) is 41.2. The molecule has 0 heterocycles. The summed E-state index contributed by atoms with van der Waals surface area (Å²) in [5, 5.41) is 0. The third-order valence-corrected chi connectivity index (χ3v) is 8.32. The summed E-state index contributed by atoms with van der Waals surface area (Å²) >= 11 is 0. The van der Waals surface area contributed by atoms with Gasteiger partial charge in [0.05, 0.1) is 6.61 Å². The van der Waals surface area contributed by atoms with Crippen LogP contribution in [-0.2, 0) is 28.2 Å². The van der Waals surface area contributed by atoms with E-state index in [4.69, 9.17) is 19.3 Å². The van der Waals surface area contributed by atoms with Gasteiger partial charge in [-0.25, -0.2) is 4.57 Å². The highest BCUT2D eigenvalue weighted by Crippen LogP contribution is 2.36. The van der Waals surface area contributed by atoms with E-state index in [0.29, 0.717) is 12.8 Å². The van der Waals surface area contributed by atoms with E-state index in [1.165, 1.54) is 51.4 Å². The zero-order valence-corrected chi connectivity index (χ0v) is 31.3. The van der Waals surface area contributed by atoms with Crippen LogP contribution in [0.25, 0.3) is 0 Å². The van der Waals surface area contributed by atoms with Crippen LogP contribution < -0.4 is 0 Å². The second-order valence-electron chi connectivity index (χ2n) is 12.5. The molecule has 0 bridgehead atoms. The predicted octanol–water partition coefficient (Wildman–Crippen LogP) is 11.2. The lowest BCUT2D eigenvalue weighted by molar-refractivity contribution is -0.161. The second kappa shape index (κ2) is 34.9. The van der Waals surface area contributed by atoms with Gasteiger partial charge in [0.15, 0.2) is 6.10 Å². The Bertz CT molecular complexity index is 921. The lowest BCUT2D eigenvalue weighted by Gasteiger charge is -2.18. The normalized spacial score (nSPS) is 13.0. The van der Waals surface area contributed by atoms with Crippen LogP contribution in [0.2, 0.25) is 0 Å². The maximum Gasteiger partial charge on any atom is 0.469 e. The number of rotatable bonds is 34. The molecule has 0 aliphatic rings. The number of esters is 2. The summed E-state index contributed by atoms with van der Waals surface area (Å²) in [4.78, 5) is 42.7. The number of hydrogen-bond donors (Lipinski definition) is 2. The van der Waals surface area contributed by atoms with Crippen molar-refractivity contribution in [2.45, 2.75) is 174 Å². The summed E-state index contributed by atoms with van der Waals surface area (Å²) < 4.78 is 26.3. The van der Waals surface area contributed by atoms with Crippen molar-refractivity contribution in [2.24, 2.45) is 0 Å². The van der Waals surface area contributed by atoms with E-state index >= 15 is 0 Å². The Labute approximate surface area is 293 Å². The van der Waals surface area contributed by atoms with Crippen LogP contribution in [0.5, 0.6) is 0 Å². The van der Waals surface area contributed by atoms with Crippen LogP contribution in [0.4, 0.5) is 0 Å². The van der Waals surface area contributed by atoms with Crippen molar-refractivity contribution in [3.8, 4) is 0 Å². The Morgan fingerprint density at radius 1 is 0.562 bits per heavy atom. The molecule has 0 saturated carbocycles. The number of phosphoric ester groups is 1. The van der Waals surface area contributed by atoms with E-state index in [1.807, 2.05) is 0 Å². The number of carbonyl (C=O) groups excluding carboxylic acids is 2. The summed E-state index contributed by atoms with van der Waals surface area (Å²) in [7, 11) is -4.76. The number of ether oxygens (including phenoxy) is 2. The molecule has 0 unspecified atom stereocenters. The van der Waals surface area contributed by atoms with E-state index in [-0.39, 0.29) is 19.4 Å². The zero-order valence-electron chi connectivity index (χ0n) is 30.4. The van der Waals surface area contributed by atoms with Gasteiger partial charge < -0.3 is 19.3 Å². The molecule has 0 aromatic heterocycles. The van der Waals surface area contributed by atoms with E-state index in [9.17, 15) is 14.2 Å². The number of hydrogen-bond acceptors (Lipinski definition) is 6. The van der Waals surface area contributed by atoms with Gasteiger partial charge >= 0.3 is 19.8 Å². The molecule has 1 atom stereocenters. The highest BCUT2D eigenvalue weighted by molar-refractivity contribution is 7.46. The predicted molar refractivity (Wildman–Crippen MR) is 198 cm³/mol. The van der Waals surface area contributed by atoms with Crippen LogP contribution in [0.3, 0.4) is 0 Å². The fraction of sp³-hybridized carbons (Fsp3) is 0.744. The van der Waals surface area contributed by atoms with Gasteiger partial charge in [-0.05, 0) is 70.6 Å². The molecule has 2 N–H and O–H groups in total. The minimum Gasteiger partial charge on any atom is -0.462 e. The van der Waals surface area contributed by atoms with E-state index < -0.39 is 32.5 Å². The summed E-state index contributed by atoms with van der Waals surface area (Å²) in [6, 6.07) is 0. The summed E-state index contributed by atoms with van der Waals surface area (Å²) in [5.41, 5.74) is 0. The maximum absolute atomic E-state index is 12.3. The van der Waals surface area contributed by atoms with Gasteiger partial charge in [0.1, 0.15) is 6.61 Å². The molecule has 0 rings (SSSR count). The Hall–Kier alpha value is -1.99. The Kier molecular flexibility index (Phi) is 33.4. The third-order valence-electron chi connectivity index (χ3n) is 7.83. The van der Waals surface area contributed by atoms with Crippen LogP contribution in [-0.4, -0.2) is 41.0 Å². The lowest BCUT2D eigenvalue weighted by Crippen LogP contribution is -2.29. The first-order chi connectivity index (χ1) is 23.3. The van der Waals surface area contributed by atoms with E-state index in [1.54, 1.807) is 0 Å². The Morgan fingerprint density at radius 3 is 1.54 bits per heavy atom. The second-order valence-corrected chi connectivity index (χ2v) is 13.8. The number of allylic oxidation sites excluding steroid dienone is 8. The summed E-state index contributed by atoms with van der Waals surface area (Å²) in [6.45, 7) is 3.53. The topological polar surface area (TPSA) is 119 Å². The maximum atomic E-state index is 12.3. The third kappa shape index (κ3) is 36.8. The summed E-state index contributed by atoms with van der Waals surface area (Å²) in [5.74, 6) is -0.925. The van der Waals surface area contributed by atoms with Crippen LogP contribution in [0, 0.1) is 0 Å². The average Bonchev–Trinajstić information content (AvgIpc) is 3.05. The molecule has 0 aliphatic heterocycles. The van der Waals surface area contributed by atoms with Gasteiger partial charge in [-0.3, -0.25) is 14.1 Å². The fourth-order valence-electron chi connectivity index (χ4n) is 5.03. The molecule has 0 aromatic carbocycles. The molecule has 0 radical (unpaired) electrons. The van der Waals surface area contributed by atoms with Crippen molar-refractivity contribution in [3.63, 3.8) is 0 Å². The molecule has 0 saturated heterocycles. The Morgan fingerprint density at radius 2 is 1.00 bits per heavy atom. The molecular weight excluding hydrogens is 627 g/mol. The highest BCUT2D eigenvalue weighted by Gasteiger charge is 2.22. The minimum absolute atomic E-state index is 0.187. The average molecular weight is 697 g/mol. The first-order valence-corrected chi connectivity index (χ1v) is 20.5. The zero-order chi connectivity index (χ0) is 35.4. The van der Waals surface area contributed by atoms with Gasteiger partial charge in [-0.15, -0.1) is 0 Å². The van der Waals surface area contributed by atoms with Crippen molar-refractivity contribution in [3.05, 3.63) is 48.6 Å². The van der Waals surface area contributed by atoms with Crippen LogP contribution >= 0.6 is 7.82 Å². The molecule has 9 heteroatoms. The van der Waals surface area contributed by atoms with Gasteiger partial charge in [0.2, 0.25) is 0 Å². The van der Waals surface area contributed by atoms with Crippen molar-refractivity contribution in [1.29, 1.82) is 0 Å². The van der Waals surface area contributed by atoms with Gasteiger partial charge in [0, 0.05) is 12.8 Å². The first kappa shape index (κ1) is 46.0. The van der Waals surface area contributed by atoms with Gasteiger partial charge in [0.25, 0.3) is 0 Å². The number of unbranched alkanes of at least 4 members (excludes halogenated alkanes) is 16. The molecule has 0 amide bonds. The molecule has 0 spiro atoms. The Balaban J connectivity index is 4.02. The molecule has 278 valence electrons. The van der Waals surface area contributed by atoms with E-state index in [2.05, 4.69) is 67.0 Å². The number of phosphoric acid groups is 1. The van der Waals surface area contributed by atoms with Crippen molar-refractivity contribution < 1.29 is 37.9 Å². The van der Waals surface area contributed by atoms with Crippen LogP contribution in [0.1, 0.15) is 168 Å². The fourth-order valence-corrected chi connectivity index (χ4v) is 5.39. The van der Waals surface area contributed by atoms with Crippen molar-refractivity contribution in [2.75, 3.05) is 13.2 Å². The molecule has 8 nitrogen and oxygen atoms in total. The van der Waals surface area contributed by atoms with Crippen molar-refractivity contribution in [1.82, 2.24) is 0 Å². The standard InChI is InChI=1S/C39H69O8P/c1-3-5-7-9-11-13-15-17-19-21-23-25-27-29-31-33-38(40)45-35-37(36-46-48(42,43)44)47-39(41)34-32-30-28-26-24-22-20-18-16-14-12-10-8-6-4-2/h5,7,11,13,17,19,22,24,37H,3-4,6,8-10,12,14-16,18,20-21,23,25-36H2,1-2H3,(H2,42,43,44)/b7-5+,13-11+,19-17+,24-22+/t37-/m1/s1. The van der Waals surface area contributed by atoms with Gasteiger partial charge in [-0.1, -0.05) is 133 Å². The molecule has 0 aromatic rings. The quantitative estimate of drug-likeness (QED) is 0.0295. The lowest BCUT2D eigenvalue weighted by atomic mass is 10.1. The van der Waals surface area contributed by atoms with Crippen LogP contribution in [0.15, 0.2) is 48.6 Å². The largest absolute Gasteiger partial charge is 0.469 e. The first-order valence-electron chi connectivity index (χ1n) is 18.9. The number of carbonyl (C=O) groups is 2. The van der Waals surface area contributed by atoms with E-state index in [0.717, 1.165) is 77.0 Å². The minimum atomic E-state index is -4.76. The SMILES string of the molecule is CC/C=C/C/C=C/C/C=C/CCCCCCCC(=O)OC[C@H](COP(=O)(O)O)OC(=O)CCCCC/C=C/CCCCCCCCCC. The molecular formula is C39H69O8P. The highest BCUT2D eigenvalue weighted by atomic mass is 31.2.